The highest BCUT2D eigenvalue weighted by Gasteiger charge is 2.32. The van der Waals surface area contributed by atoms with Crippen molar-refractivity contribution in [3.63, 3.8) is 0 Å². The van der Waals surface area contributed by atoms with Crippen molar-refractivity contribution in [1.82, 2.24) is 4.90 Å². The van der Waals surface area contributed by atoms with Crippen LogP contribution in [0.4, 0.5) is 0 Å². The Hall–Kier alpha value is -1.60. The number of furan rings is 1. The number of sulfone groups is 1. The van der Waals surface area contributed by atoms with Crippen LogP contribution >= 0.6 is 11.3 Å². The number of likely N-dealkylation sites (tertiary alicyclic amines) is 1. The van der Waals surface area contributed by atoms with E-state index in [2.05, 4.69) is 0 Å². The zero-order valence-electron chi connectivity index (χ0n) is 12.0. The highest BCUT2D eigenvalue weighted by Crippen LogP contribution is 2.23. The molecule has 0 bridgehead atoms. The van der Waals surface area contributed by atoms with Crippen LogP contribution in [-0.2, 0) is 15.6 Å². The lowest BCUT2D eigenvalue weighted by Crippen LogP contribution is -2.42. The molecule has 22 heavy (non-hydrogen) atoms. The summed E-state index contributed by atoms with van der Waals surface area (Å²) in [6, 6.07) is 7.01. The van der Waals surface area contributed by atoms with Gasteiger partial charge in [-0.05, 0) is 36.4 Å². The van der Waals surface area contributed by atoms with E-state index in [0.29, 0.717) is 36.6 Å². The van der Waals surface area contributed by atoms with Gasteiger partial charge in [-0.25, -0.2) is 8.42 Å². The molecule has 118 valence electrons. The zero-order chi connectivity index (χ0) is 15.6. The molecular formula is C15H17NO4S2. The molecular weight excluding hydrogens is 322 g/mol. The second kappa shape index (κ2) is 6.26. The van der Waals surface area contributed by atoms with Gasteiger partial charge in [0.2, 0.25) is 0 Å². The Balaban J connectivity index is 1.60. The van der Waals surface area contributed by atoms with Gasteiger partial charge in [-0.15, -0.1) is 11.3 Å². The molecule has 2 aromatic rings. The molecule has 0 saturated carbocycles. The van der Waals surface area contributed by atoms with E-state index in [1.165, 1.54) is 17.6 Å². The van der Waals surface area contributed by atoms with Crippen LogP contribution in [0.5, 0.6) is 0 Å². The van der Waals surface area contributed by atoms with E-state index < -0.39 is 15.1 Å². The summed E-state index contributed by atoms with van der Waals surface area (Å²) in [4.78, 5) is 14.7. The van der Waals surface area contributed by atoms with Gasteiger partial charge in [0.05, 0.1) is 16.4 Å². The van der Waals surface area contributed by atoms with Crippen LogP contribution in [0.1, 0.15) is 28.3 Å². The number of piperidine rings is 1. The van der Waals surface area contributed by atoms with Gasteiger partial charge in [0.25, 0.3) is 5.91 Å². The second-order valence-corrected chi connectivity index (χ2v) is 8.58. The Morgan fingerprint density at radius 2 is 2.05 bits per heavy atom. The van der Waals surface area contributed by atoms with Crippen LogP contribution in [-0.4, -0.2) is 37.6 Å². The van der Waals surface area contributed by atoms with Crippen LogP contribution in [0.15, 0.2) is 40.3 Å². The number of hydrogen-bond donors (Lipinski definition) is 0. The van der Waals surface area contributed by atoms with Crippen molar-refractivity contribution < 1.29 is 17.6 Å². The molecule has 0 aromatic carbocycles. The first-order chi connectivity index (χ1) is 10.6. The largest absolute Gasteiger partial charge is 0.468 e. The predicted molar refractivity (Wildman–Crippen MR) is 84.6 cm³/mol. The van der Waals surface area contributed by atoms with Crippen LogP contribution in [0.2, 0.25) is 0 Å². The van der Waals surface area contributed by atoms with Gasteiger partial charge in [-0.1, -0.05) is 6.07 Å². The molecule has 5 nitrogen and oxygen atoms in total. The lowest BCUT2D eigenvalue weighted by molar-refractivity contribution is 0.0730. The van der Waals surface area contributed by atoms with Gasteiger partial charge < -0.3 is 9.32 Å². The average molecular weight is 339 g/mol. The predicted octanol–water partition coefficient (Wildman–Crippen LogP) is 2.56. The number of nitrogens with zero attached hydrogens (tertiary/aromatic N) is 1. The Morgan fingerprint density at radius 1 is 1.27 bits per heavy atom. The van der Waals surface area contributed by atoms with Gasteiger partial charge >= 0.3 is 0 Å². The molecule has 1 saturated heterocycles. The molecule has 0 N–H and O–H groups in total. The minimum absolute atomic E-state index is 0.00289. The van der Waals surface area contributed by atoms with Gasteiger partial charge in [-0.2, -0.15) is 0 Å². The lowest BCUT2D eigenvalue weighted by atomic mass is 10.1. The standard InChI is InChI=1S/C15H17NO4S2/c17-15(14-4-2-10-21-14)16-7-5-13(6-8-16)22(18,19)11-12-3-1-9-20-12/h1-4,9-10,13H,5-8,11H2. The van der Waals surface area contributed by atoms with Crippen molar-refractivity contribution >= 4 is 27.1 Å². The van der Waals surface area contributed by atoms with Crippen molar-refractivity contribution in [2.75, 3.05) is 13.1 Å². The summed E-state index contributed by atoms with van der Waals surface area (Å²) in [5.41, 5.74) is 0. The number of carbonyl (C=O) groups excluding carboxylic acids is 1. The van der Waals surface area contributed by atoms with E-state index >= 15 is 0 Å². The van der Waals surface area contributed by atoms with Crippen molar-refractivity contribution in [2.45, 2.75) is 23.8 Å². The van der Waals surface area contributed by atoms with Gasteiger partial charge in [-0.3, -0.25) is 4.79 Å². The van der Waals surface area contributed by atoms with E-state index in [4.69, 9.17) is 4.42 Å². The summed E-state index contributed by atoms with van der Waals surface area (Å²) in [6.45, 7) is 0.970. The summed E-state index contributed by atoms with van der Waals surface area (Å²) in [5.74, 6) is 0.401. The van der Waals surface area contributed by atoms with E-state index in [1.54, 1.807) is 23.1 Å². The van der Waals surface area contributed by atoms with E-state index in [0.717, 1.165) is 0 Å². The fourth-order valence-corrected chi connectivity index (χ4v) is 5.10. The Kier molecular flexibility index (Phi) is 4.35. The minimum Gasteiger partial charge on any atom is -0.468 e. The summed E-state index contributed by atoms with van der Waals surface area (Å²) in [6.07, 6.45) is 2.45. The first-order valence-corrected chi connectivity index (χ1v) is 9.72. The van der Waals surface area contributed by atoms with Gasteiger partial charge in [0.15, 0.2) is 9.84 Å². The van der Waals surface area contributed by atoms with Crippen molar-refractivity contribution in [3.8, 4) is 0 Å². The molecule has 0 aliphatic carbocycles. The van der Waals surface area contributed by atoms with E-state index in [-0.39, 0.29) is 11.7 Å². The molecule has 1 aliphatic rings. The molecule has 3 rings (SSSR count). The zero-order valence-corrected chi connectivity index (χ0v) is 13.6. The first kappa shape index (κ1) is 15.3. The summed E-state index contributed by atoms with van der Waals surface area (Å²) in [5, 5.41) is 1.47. The maximum atomic E-state index is 12.4. The smallest absolute Gasteiger partial charge is 0.263 e. The van der Waals surface area contributed by atoms with Gasteiger partial charge in [0, 0.05) is 13.1 Å². The van der Waals surface area contributed by atoms with Gasteiger partial charge in [0.1, 0.15) is 11.5 Å². The third-order valence-electron chi connectivity index (χ3n) is 3.89. The molecule has 0 unspecified atom stereocenters. The molecule has 1 aliphatic heterocycles. The maximum Gasteiger partial charge on any atom is 0.263 e. The molecule has 2 aromatic heterocycles. The molecule has 1 fully saturated rings. The van der Waals surface area contributed by atoms with Crippen molar-refractivity contribution in [3.05, 3.63) is 46.5 Å². The van der Waals surface area contributed by atoms with E-state index in [9.17, 15) is 13.2 Å². The fraction of sp³-hybridized carbons (Fsp3) is 0.400. The highest BCUT2D eigenvalue weighted by atomic mass is 32.2. The molecule has 3 heterocycles. The Morgan fingerprint density at radius 3 is 2.64 bits per heavy atom. The molecule has 7 heteroatoms. The molecule has 0 atom stereocenters. The van der Waals surface area contributed by atoms with Crippen LogP contribution < -0.4 is 0 Å². The number of carbonyl (C=O) groups is 1. The number of hydrogen-bond acceptors (Lipinski definition) is 5. The monoisotopic (exact) mass is 339 g/mol. The second-order valence-electron chi connectivity index (χ2n) is 5.36. The number of rotatable bonds is 4. The summed E-state index contributed by atoms with van der Waals surface area (Å²) in [7, 11) is -3.24. The Bertz CT molecular complexity index is 712. The molecule has 0 spiro atoms. The minimum atomic E-state index is -3.24. The quantitative estimate of drug-likeness (QED) is 0.858. The number of thiophene rings is 1. The highest BCUT2D eigenvalue weighted by molar-refractivity contribution is 7.91. The molecule has 0 radical (unpaired) electrons. The third kappa shape index (κ3) is 3.25. The van der Waals surface area contributed by atoms with Crippen LogP contribution in [0.3, 0.4) is 0 Å². The summed E-state index contributed by atoms with van der Waals surface area (Å²) >= 11 is 1.41. The third-order valence-corrected chi connectivity index (χ3v) is 6.92. The van der Waals surface area contributed by atoms with Crippen molar-refractivity contribution in [1.29, 1.82) is 0 Å². The molecule has 1 amide bonds. The van der Waals surface area contributed by atoms with Crippen LogP contribution in [0.25, 0.3) is 0 Å². The van der Waals surface area contributed by atoms with Crippen LogP contribution in [0, 0.1) is 0 Å². The number of amides is 1. The maximum absolute atomic E-state index is 12.4. The Labute approximate surface area is 133 Å². The topological polar surface area (TPSA) is 67.6 Å². The van der Waals surface area contributed by atoms with Crippen molar-refractivity contribution in [2.24, 2.45) is 0 Å². The normalized spacial score (nSPS) is 16.8. The fourth-order valence-electron chi connectivity index (χ4n) is 2.68. The first-order valence-electron chi connectivity index (χ1n) is 7.13. The summed E-state index contributed by atoms with van der Waals surface area (Å²) < 4.78 is 29.9. The lowest BCUT2D eigenvalue weighted by Gasteiger charge is -2.31. The average Bonchev–Trinajstić information content (AvgIpc) is 3.19. The van der Waals surface area contributed by atoms with E-state index in [1.807, 2.05) is 11.4 Å². The SMILES string of the molecule is O=C(c1cccs1)N1CCC(S(=O)(=O)Cc2ccco2)CC1.